The first-order chi connectivity index (χ1) is 6.29. The van der Waals surface area contributed by atoms with Gasteiger partial charge in [0.2, 0.25) is 0 Å². The van der Waals surface area contributed by atoms with E-state index < -0.39 is 0 Å². The molecule has 0 aromatic rings. The Balaban J connectivity index is 2.48. The van der Waals surface area contributed by atoms with Gasteiger partial charge >= 0.3 is 5.97 Å². The highest BCUT2D eigenvalue weighted by Gasteiger charge is 2.28. The number of carbonyl (C=O) groups excluding carboxylic acids is 1. The molecule has 1 heterocycles. The van der Waals surface area contributed by atoms with Crippen molar-refractivity contribution in [2.45, 2.75) is 12.8 Å². The van der Waals surface area contributed by atoms with Crippen molar-refractivity contribution in [3.05, 3.63) is 0 Å². The molecule has 0 aromatic heterocycles. The van der Waals surface area contributed by atoms with Crippen LogP contribution in [0.1, 0.15) is 12.8 Å². The van der Waals surface area contributed by atoms with Crippen LogP contribution in [0.3, 0.4) is 0 Å². The van der Waals surface area contributed by atoms with Gasteiger partial charge in [-0.3, -0.25) is 4.79 Å². The lowest BCUT2D eigenvalue weighted by Gasteiger charge is -2.28. The van der Waals surface area contributed by atoms with Gasteiger partial charge in [-0.15, -0.1) is 0 Å². The predicted octanol–water partition coefficient (Wildman–Crippen LogP) is -0.266. The molecule has 0 spiro atoms. The number of ether oxygens (including phenoxy) is 1. The van der Waals surface area contributed by atoms with Crippen LogP contribution in [0.2, 0.25) is 0 Å². The second kappa shape index (κ2) is 5.19. The van der Waals surface area contributed by atoms with Crippen LogP contribution in [0.15, 0.2) is 0 Å². The Morgan fingerprint density at radius 3 is 3.00 bits per heavy atom. The number of methoxy groups -OCH3 is 1. The molecule has 1 fully saturated rings. The molecule has 1 saturated heterocycles. The van der Waals surface area contributed by atoms with Gasteiger partial charge in [0.05, 0.1) is 13.0 Å². The van der Waals surface area contributed by atoms with E-state index in [0.29, 0.717) is 12.5 Å². The van der Waals surface area contributed by atoms with E-state index in [1.165, 1.54) is 7.11 Å². The summed E-state index contributed by atoms with van der Waals surface area (Å²) in [5.41, 5.74) is 5.55. The third-order valence-electron chi connectivity index (χ3n) is 2.66. The number of carbonyl (C=O) groups is 1. The number of hydrogen-bond acceptors (Lipinski definition) is 4. The summed E-state index contributed by atoms with van der Waals surface area (Å²) in [6, 6.07) is 0. The predicted molar refractivity (Wildman–Crippen MR) is 50.2 cm³/mol. The minimum absolute atomic E-state index is 0.127. The summed E-state index contributed by atoms with van der Waals surface area (Å²) in [6.45, 7) is 2.32. The van der Waals surface area contributed by atoms with Crippen molar-refractivity contribution in [3.63, 3.8) is 0 Å². The van der Waals surface area contributed by atoms with E-state index in [4.69, 9.17) is 10.5 Å². The van der Waals surface area contributed by atoms with Gasteiger partial charge in [0.25, 0.3) is 0 Å². The first-order valence-corrected chi connectivity index (χ1v) is 4.78. The molecular formula is C9H18N2O2. The van der Waals surface area contributed by atoms with Gasteiger partial charge in [-0.2, -0.15) is 0 Å². The Morgan fingerprint density at radius 1 is 1.77 bits per heavy atom. The van der Waals surface area contributed by atoms with E-state index in [1.807, 2.05) is 0 Å². The molecule has 0 aliphatic carbocycles. The maximum absolute atomic E-state index is 11.3. The molecule has 76 valence electrons. The molecule has 2 atom stereocenters. The summed E-state index contributed by atoms with van der Waals surface area (Å²) in [4.78, 5) is 11.3. The molecule has 0 amide bonds. The van der Waals surface area contributed by atoms with Crippen molar-refractivity contribution in [2.75, 3.05) is 26.7 Å². The van der Waals surface area contributed by atoms with Crippen LogP contribution in [0.25, 0.3) is 0 Å². The van der Waals surface area contributed by atoms with E-state index >= 15 is 0 Å². The minimum atomic E-state index is -0.170. The number of rotatable bonds is 3. The van der Waals surface area contributed by atoms with E-state index in [-0.39, 0.29) is 11.9 Å². The first-order valence-electron chi connectivity index (χ1n) is 4.78. The summed E-state index contributed by atoms with van der Waals surface area (Å²) >= 11 is 0. The maximum Gasteiger partial charge on any atom is 0.310 e. The van der Waals surface area contributed by atoms with Crippen LogP contribution in [-0.4, -0.2) is 32.7 Å². The lowest BCUT2D eigenvalue weighted by Crippen LogP contribution is -2.40. The number of hydrogen-bond donors (Lipinski definition) is 2. The molecule has 1 aliphatic heterocycles. The largest absolute Gasteiger partial charge is 0.469 e. The van der Waals surface area contributed by atoms with Crippen molar-refractivity contribution < 1.29 is 9.53 Å². The van der Waals surface area contributed by atoms with Gasteiger partial charge in [-0.05, 0) is 31.8 Å². The van der Waals surface area contributed by atoms with Gasteiger partial charge in [0.15, 0.2) is 0 Å². The normalized spacial score (nSPS) is 25.2. The Kier molecular flexibility index (Phi) is 4.18. The second-order valence-electron chi connectivity index (χ2n) is 3.47. The molecule has 0 saturated carbocycles. The molecule has 4 nitrogen and oxygen atoms in total. The lowest BCUT2D eigenvalue weighted by atomic mass is 9.86. The van der Waals surface area contributed by atoms with Crippen LogP contribution in [0.4, 0.5) is 0 Å². The van der Waals surface area contributed by atoms with Crippen LogP contribution in [0, 0.1) is 11.8 Å². The zero-order valence-corrected chi connectivity index (χ0v) is 8.08. The molecule has 0 aromatic carbocycles. The topological polar surface area (TPSA) is 64.3 Å². The average molecular weight is 186 g/mol. The Hall–Kier alpha value is -0.610. The fraction of sp³-hybridized carbons (Fsp3) is 0.889. The van der Waals surface area contributed by atoms with Crippen molar-refractivity contribution in [1.82, 2.24) is 5.32 Å². The summed E-state index contributed by atoms with van der Waals surface area (Å²) in [7, 11) is 1.42. The summed E-state index contributed by atoms with van der Waals surface area (Å²) in [5.74, 6) is 0.0557. The zero-order chi connectivity index (χ0) is 9.68. The molecule has 1 aliphatic rings. The SMILES string of the molecule is COC(=O)C(CN)C1CCCNC1. The van der Waals surface area contributed by atoms with Gasteiger partial charge in [0, 0.05) is 6.54 Å². The Labute approximate surface area is 78.8 Å². The van der Waals surface area contributed by atoms with Crippen molar-refractivity contribution in [3.8, 4) is 0 Å². The zero-order valence-electron chi connectivity index (χ0n) is 8.08. The van der Waals surface area contributed by atoms with Gasteiger partial charge in [0.1, 0.15) is 0 Å². The summed E-state index contributed by atoms with van der Waals surface area (Å²) in [5, 5.41) is 3.27. The minimum Gasteiger partial charge on any atom is -0.469 e. The fourth-order valence-corrected chi connectivity index (χ4v) is 1.85. The lowest BCUT2D eigenvalue weighted by molar-refractivity contribution is -0.147. The van der Waals surface area contributed by atoms with Crippen LogP contribution in [-0.2, 0) is 9.53 Å². The van der Waals surface area contributed by atoms with Crippen molar-refractivity contribution >= 4 is 5.97 Å². The van der Waals surface area contributed by atoms with Crippen LogP contribution < -0.4 is 11.1 Å². The first kappa shape index (κ1) is 10.5. The van der Waals surface area contributed by atoms with Gasteiger partial charge in [-0.25, -0.2) is 0 Å². The highest BCUT2D eigenvalue weighted by Crippen LogP contribution is 2.20. The average Bonchev–Trinajstić information content (AvgIpc) is 2.20. The molecule has 4 heteroatoms. The summed E-state index contributed by atoms with van der Waals surface area (Å²) in [6.07, 6.45) is 2.20. The molecular weight excluding hydrogens is 168 g/mol. The Morgan fingerprint density at radius 2 is 2.54 bits per heavy atom. The van der Waals surface area contributed by atoms with E-state index in [0.717, 1.165) is 25.9 Å². The fourth-order valence-electron chi connectivity index (χ4n) is 1.85. The van der Waals surface area contributed by atoms with E-state index in [1.54, 1.807) is 0 Å². The Bertz CT molecular complexity index is 167. The van der Waals surface area contributed by atoms with Crippen LogP contribution in [0.5, 0.6) is 0 Å². The monoisotopic (exact) mass is 186 g/mol. The van der Waals surface area contributed by atoms with Crippen LogP contribution >= 0.6 is 0 Å². The maximum atomic E-state index is 11.3. The quantitative estimate of drug-likeness (QED) is 0.596. The molecule has 3 N–H and O–H groups in total. The third-order valence-corrected chi connectivity index (χ3v) is 2.66. The van der Waals surface area contributed by atoms with Gasteiger partial charge in [-0.1, -0.05) is 0 Å². The smallest absolute Gasteiger partial charge is 0.310 e. The number of nitrogens with two attached hydrogens (primary N) is 1. The molecule has 13 heavy (non-hydrogen) atoms. The molecule has 1 rings (SSSR count). The van der Waals surface area contributed by atoms with Crippen molar-refractivity contribution in [1.29, 1.82) is 0 Å². The highest BCUT2D eigenvalue weighted by molar-refractivity contribution is 5.72. The number of esters is 1. The third kappa shape index (κ3) is 2.67. The standard InChI is InChI=1S/C9H18N2O2/c1-13-9(12)8(5-10)7-3-2-4-11-6-7/h7-8,11H,2-6,10H2,1H3. The van der Waals surface area contributed by atoms with Crippen molar-refractivity contribution in [2.24, 2.45) is 17.6 Å². The second-order valence-corrected chi connectivity index (χ2v) is 3.47. The number of piperidine rings is 1. The van der Waals surface area contributed by atoms with E-state index in [9.17, 15) is 4.79 Å². The highest BCUT2D eigenvalue weighted by atomic mass is 16.5. The van der Waals surface area contributed by atoms with Gasteiger partial charge < -0.3 is 15.8 Å². The van der Waals surface area contributed by atoms with E-state index in [2.05, 4.69) is 5.32 Å². The molecule has 2 unspecified atom stereocenters. The number of nitrogens with one attached hydrogen (secondary N) is 1. The molecule has 0 radical (unpaired) electrons. The molecule has 0 bridgehead atoms. The summed E-state index contributed by atoms with van der Waals surface area (Å²) < 4.78 is 4.71.